The van der Waals surface area contributed by atoms with E-state index < -0.39 is 6.10 Å². The van der Waals surface area contributed by atoms with Crippen molar-refractivity contribution >= 4 is 17.9 Å². The predicted octanol–water partition coefficient (Wildman–Crippen LogP) is 16.6. The third-order valence-electron chi connectivity index (χ3n) is 10.3. The predicted molar refractivity (Wildman–Crippen MR) is 265 cm³/mol. The number of carbonyl (C=O) groups excluding carboxylic acids is 3. The monoisotopic (exact) mass is 861 g/mol. The topological polar surface area (TPSA) is 78.9 Å². The Kier molecular flexibility index (Phi) is 47.0. The van der Waals surface area contributed by atoms with E-state index in [9.17, 15) is 14.4 Å². The molecule has 62 heavy (non-hydrogen) atoms. The Morgan fingerprint density at radius 3 is 0.984 bits per heavy atom. The van der Waals surface area contributed by atoms with Gasteiger partial charge in [-0.1, -0.05) is 201 Å². The van der Waals surface area contributed by atoms with Crippen molar-refractivity contribution in [3.05, 3.63) is 97.2 Å². The third-order valence-corrected chi connectivity index (χ3v) is 10.3. The van der Waals surface area contributed by atoms with Crippen molar-refractivity contribution in [2.45, 2.75) is 226 Å². The second-order valence-corrected chi connectivity index (χ2v) is 16.3. The van der Waals surface area contributed by atoms with Crippen LogP contribution in [0.5, 0.6) is 0 Å². The Labute approximate surface area is 381 Å². The molecule has 0 N–H and O–H groups in total. The van der Waals surface area contributed by atoms with Gasteiger partial charge in [0.1, 0.15) is 13.2 Å². The minimum absolute atomic E-state index is 0.107. The highest BCUT2D eigenvalue weighted by Crippen LogP contribution is 2.14. The molecule has 6 nitrogen and oxygen atoms in total. The summed E-state index contributed by atoms with van der Waals surface area (Å²) in [6, 6.07) is 0. The lowest BCUT2D eigenvalue weighted by molar-refractivity contribution is -0.167. The summed E-state index contributed by atoms with van der Waals surface area (Å²) in [7, 11) is 0. The van der Waals surface area contributed by atoms with Gasteiger partial charge >= 0.3 is 17.9 Å². The summed E-state index contributed by atoms with van der Waals surface area (Å²) >= 11 is 0. The molecule has 0 spiro atoms. The molecule has 0 amide bonds. The molecule has 0 aliphatic rings. The number of esters is 3. The highest BCUT2D eigenvalue weighted by molar-refractivity contribution is 5.71. The van der Waals surface area contributed by atoms with Crippen LogP contribution in [-0.2, 0) is 28.6 Å². The van der Waals surface area contributed by atoms with Crippen LogP contribution >= 0.6 is 0 Å². The molecule has 6 heteroatoms. The second kappa shape index (κ2) is 50.0. The average Bonchev–Trinajstić information content (AvgIpc) is 3.27. The third kappa shape index (κ3) is 47.4. The second-order valence-electron chi connectivity index (χ2n) is 16.3. The van der Waals surface area contributed by atoms with Crippen molar-refractivity contribution in [2.24, 2.45) is 0 Å². The normalized spacial score (nSPS) is 12.9. The van der Waals surface area contributed by atoms with Crippen LogP contribution in [0.15, 0.2) is 97.2 Å². The van der Waals surface area contributed by atoms with Gasteiger partial charge in [-0.3, -0.25) is 14.4 Å². The van der Waals surface area contributed by atoms with Crippen LogP contribution in [-0.4, -0.2) is 37.2 Å². The summed E-state index contributed by atoms with van der Waals surface area (Å²) in [6.07, 6.45) is 65.4. The number of carbonyl (C=O) groups is 3. The van der Waals surface area contributed by atoms with E-state index in [1.165, 1.54) is 70.6 Å². The molecule has 0 rings (SSSR count). The summed E-state index contributed by atoms with van der Waals surface area (Å²) in [5.74, 6) is -0.995. The Morgan fingerprint density at radius 1 is 0.339 bits per heavy atom. The summed E-state index contributed by atoms with van der Waals surface area (Å²) in [5.41, 5.74) is 0. The van der Waals surface area contributed by atoms with Gasteiger partial charge in [-0.25, -0.2) is 0 Å². The summed E-state index contributed by atoms with van der Waals surface area (Å²) in [4.78, 5) is 37.9. The van der Waals surface area contributed by atoms with Crippen LogP contribution in [0.1, 0.15) is 220 Å². The maximum atomic E-state index is 12.8. The van der Waals surface area contributed by atoms with Gasteiger partial charge in [0.25, 0.3) is 0 Å². The zero-order valence-electron chi connectivity index (χ0n) is 40.1. The molecule has 0 aromatic carbocycles. The molecular weight excluding hydrogens is 769 g/mol. The molecule has 0 unspecified atom stereocenters. The Balaban J connectivity index is 4.53. The van der Waals surface area contributed by atoms with Crippen molar-refractivity contribution in [2.75, 3.05) is 13.2 Å². The molecule has 0 radical (unpaired) electrons. The van der Waals surface area contributed by atoms with Crippen molar-refractivity contribution in [1.29, 1.82) is 0 Å². The number of unbranched alkanes of at least 4 members (excludes halogenated alkanes) is 17. The largest absolute Gasteiger partial charge is 0.462 e. The van der Waals surface area contributed by atoms with E-state index in [-0.39, 0.29) is 37.5 Å². The van der Waals surface area contributed by atoms with Gasteiger partial charge in [-0.15, -0.1) is 0 Å². The van der Waals surface area contributed by atoms with E-state index in [4.69, 9.17) is 14.2 Å². The molecule has 0 aromatic rings. The van der Waals surface area contributed by atoms with Crippen molar-refractivity contribution in [3.8, 4) is 0 Å². The smallest absolute Gasteiger partial charge is 0.306 e. The molecule has 0 aliphatic heterocycles. The van der Waals surface area contributed by atoms with Crippen LogP contribution in [0.4, 0.5) is 0 Å². The molecular formula is C56H92O6. The van der Waals surface area contributed by atoms with Gasteiger partial charge in [0.2, 0.25) is 0 Å². The van der Waals surface area contributed by atoms with E-state index in [0.717, 1.165) is 96.3 Å². The first-order valence-corrected chi connectivity index (χ1v) is 25.2. The minimum atomic E-state index is -0.814. The molecule has 0 fully saturated rings. The minimum Gasteiger partial charge on any atom is -0.462 e. The van der Waals surface area contributed by atoms with E-state index in [0.29, 0.717) is 25.7 Å². The number of hydrogen-bond acceptors (Lipinski definition) is 6. The van der Waals surface area contributed by atoms with Crippen LogP contribution in [0.2, 0.25) is 0 Å². The molecule has 0 bridgehead atoms. The molecule has 352 valence electrons. The number of allylic oxidation sites excluding steroid dienone is 16. The van der Waals surface area contributed by atoms with Gasteiger partial charge in [-0.05, 0) is 96.3 Å². The van der Waals surface area contributed by atoms with Gasteiger partial charge in [0, 0.05) is 19.3 Å². The zero-order valence-corrected chi connectivity index (χ0v) is 40.1. The fourth-order valence-corrected chi connectivity index (χ4v) is 6.60. The first kappa shape index (κ1) is 58.3. The van der Waals surface area contributed by atoms with Gasteiger partial charge in [0.15, 0.2) is 6.10 Å². The summed E-state index contributed by atoms with van der Waals surface area (Å²) in [6.45, 7) is 6.33. The molecule has 0 heterocycles. The maximum Gasteiger partial charge on any atom is 0.306 e. The van der Waals surface area contributed by atoms with Gasteiger partial charge in [0.05, 0.1) is 0 Å². The maximum absolute atomic E-state index is 12.8. The molecule has 0 saturated heterocycles. The molecule has 0 aromatic heterocycles. The standard InChI is InChI=1S/C56H92O6/c1-4-7-10-13-16-19-22-25-28-31-34-37-40-43-46-49-55(58)61-52-53(51-60-54(57)48-45-42-39-36-33-30-27-24-21-18-15-12-9-6-3)62-56(59)50-47-44-41-38-35-32-29-26-23-20-17-14-11-8-5-2/h7-8,10-11,16-17,19-20,25-26,28-29,34-35,37-38,53H,4-6,9,12-15,18,21-24,27,30-33,36,39-52H2,1-3H3/b10-7-,11-8-,19-16-,20-17-,28-25-,29-26-,37-34-,38-35-/t53-/m1/s1. The first-order chi connectivity index (χ1) is 30.5. The first-order valence-electron chi connectivity index (χ1n) is 25.2. The Bertz CT molecular complexity index is 1260. The summed E-state index contributed by atoms with van der Waals surface area (Å²) in [5, 5.41) is 0. The van der Waals surface area contributed by atoms with E-state index in [2.05, 4.69) is 118 Å². The van der Waals surface area contributed by atoms with E-state index in [1.807, 2.05) is 0 Å². The van der Waals surface area contributed by atoms with Gasteiger partial charge in [-0.2, -0.15) is 0 Å². The van der Waals surface area contributed by atoms with Crippen molar-refractivity contribution in [3.63, 3.8) is 0 Å². The molecule has 0 saturated carbocycles. The number of rotatable bonds is 44. The zero-order chi connectivity index (χ0) is 45.1. The van der Waals surface area contributed by atoms with Crippen LogP contribution < -0.4 is 0 Å². The van der Waals surface area contributed by atoms with Crippen molar-refractivity contribution in [1.82, 2.24) is 0 Å². The van der Waals surface area contributed by atoms with E-state index >= 15 is 0 Å². The average molecular weight is 861 g/mol. The molecule has 0 aliphatic carbocycles. The highest BCUT2D eigenvalue weighted by Gasteiger charge is 2.19. The number of ether oxygens (including phenoxy) is 3. The fourth-order valence-electron chi connectivity index (χ4n) is 6.60. The van der Waals surface area contributed by atoms with E-state index in [1.54, 1.807) is 0 Å². The fraction of sp³-hybridized carbons (Fsp3) is 0.661. The Hall–Kier alpha value is -3.67. The van der Waals surface area contributed by atoms with Crippen LogP contribution in [0, 0.1) is 0 Å². The lowest BCUT2D eigenvalue weighted by Gasteiger charge is -2.18. The van der Waals surface area contributed by atoms with Gasteiger partial charge < -0.3 is 14.2 Å². The lowest BCUT2D eigenvalue weighted by Crippen LogP contribution is -2.30. The SMILES string of the molecule is CC/C=C\C/C=C\C/C=C\C/C=C\CCCCC(=O)OC[C@@H](COC(=O)CCCCCCCCCCCCCCCC)OC(=O)CCCC/C=C\C/C=C\C/C=C\C/C=C\CC. The van der Waals surface area contributed by atoms with Crippen LogP contribution in [0.25, 0.3) is 0 Å². The Morgan fingerprint density at radius 2 is 0.629 bits per heavy atom. The van der Waals surface area contributed by atoms with Crippen LogP contribution in [0.3, 0.4) is 0 Å². The lowest BCUT2D eigenvalue weighted by atomic mass is 10.0. The van der Waals surface area contributed by atoms with Crippen molar-refractivity contribution < 1.29 is 28.6 Å². The quantitative estimate of drug-likeness (QED) is 0.0263. The summed E-state index contributed by atoms with van der Waals surface area (Å²) < 4.78 is 16.7. The molecule has 1 atom stereocenters. The number of hydrogen-bond donors (Lipinski definition) is 0. The highest BCUT2D eigenvalue weighted by atomic mass is 16.6.